The van der Waals surface area contributed by atoms with Gasteiger partial charge in [0.15, 0.2) is 11.5 Å². The Hall–Kier alpha value is -2.90. The number of anilines is 1. The van der Waals surface area contributed by atoms with Gasteiger partial charge in [-0.3, -0.25) is 4.79 Å². The van der Waals surface area contributed by atoms with Crippen molar-refractivity contribution in [3.63, 3.8) is 0 Å². The summed E-state index contributed by atoms with van der Waals surface area (Å²) in [7, 11) is 0. The first-order chi connectivity index (χ1) is 11.4. The van der Waals surface area contributed by atoms with Crippen molar-refractivity contribution in [2.45, 2.75) is 19.5 Å². The fourth-order valence-corrected chi connectivity index (χ4v) is 2.20. The van der Waals surface area contributed by atoms with E-state index in [1.165, 1.54) is 0 Å². The van der Waals surface area contributed by atoms with Gasteiger partial charge >= 0.3 is 6.18 Å². The number of aromatic nitrogens is 3. The molecule has 0 radical (unpaired) electrons. The van der Waals surface area contributed by atoms with Gasteiger partial charge in [-0.15, -0.1) is 0 Å². The molecule has 0 bridgehead atoms. The second-order valence-corrected chi connectivity index (χ2v) is 5.10. The Bertz CT molecular complexity index is 884. The minimum absolute atomic E-state index is 0.125. The molecule has 2 aromatic heterocycles. The van der Waals surface area contributed by atoms with Crippen molar-refractivity contribution in [1.82, 2.24) is 14.6 Å². The average Bonchev–Trinajstić information content (AvgIpc) is 2.98. The van der Waals surface area contributed by atoms with Crippen LogP contribution in [-0.4, -0.2) is 20.5 Å². The zero-order valence-corrected chi connectivity index (χ0v) is 12.6. The Morgan fingerprint density at radius 3 is 2.54 bits per heavy atom. The van der Waals surface area contributed by atoms with Gasteiger partial charge in [0, 0.05) is 18.2 Å². The molecule has 5 nitrogen and oxygen atoms in total. The molecule has 8 heteroatoms. The summed E-state index contributed by atoms with van der Waals surface area (Å²) in [4.78, 5) is 16.6. The van der Waals surface area contributed by atoms with E-state index in [1.54, 1.807) is 22.8 Å². The lowest BCUT2D eigenvalue weighted by atomic mass is 10.1. The largest absolute Gasteiger partial charge is 0.416 e. The van der Waals surface area contributed by atoms with Gasteiger partial charge in [-0.05, 0) is 36.4 Å². The molecule has 3 rings (SSSR count). The lowest BCUT2D eigenvalue weighted by molar-refractivity contribution is -0.137. The number of benzene rings is 1. The number of hydrogen-bond acceptors (Lipinski definition) is 3. The molecule has 0 unspecified atom stereocenters. The molecule has 1 N–H and O–H groups in total. The van der Waals surface area contributed by atoms with Crippen LogP contribution in [0.25, 0.3) is 5.65 Å². The summed E-state index contributed by atoms with van der Waals surface area (Å²) in [5.41, 5.74) is 0.246. The van der Waals surface area contributed by atoms with E-state index in [-0.39, 0.29) is 5.56 Å². The van der Waals surface area contributed by atoms with Crippen molar-refractivity contribution in [2.24, 2.45) is 0 Å². The third kappa shape index (κ3) is 3.08. The fraction of sp³-hybridized carbons (Fsp3) is 0.188. The second kappa shape index (κ2) is 5.95. The van der Waals surface area contributed by atoms with Gasteiger partial charge in [-0.25, -0.2) is 9.50 Å². The summed E-state index contributed by atoms with van der Waals surface area (Å²) in [6.45, 7) is 1.91. The minimum Gasteiger partial charge on any atom is -0.319 e. The number of aryl methyl sites for hydroxylation is 1. The Morgan fingerprint density at radius 1 is 1.21 bits per heavy atom. The fourth-order valence-electron chi connectivity index (χ4n) is 2.20. The molecule has 0 atom stereocenters. The second-order valence-electron chi connectivity index (χ2n) is 5.10. The SMILES string of the molecule is CCc1nc2c(NC(=O)c3ccc(C(F)(F)F)cc3)cccn2n1. The molecule has 1 aromatic carbocycles. The number of nitrogens with one attached hydrogen (secondary N) is 1. The smallest absolute Gasteiger partial charge is 0.319 e. The van der Waals surface area contributed by atoms with E-state index in [4.69, 9.17) is 0 Å². The number of nitrogens with zero attached hydrogens (tertiary/aromatic N) is 3. The zero-order valence-electron chi connectivity index (χ0n) is 12.6. The van der Waals surface area contributed by atoms with Crippen LogP contribution in [0, 0.1) is 0 Å². The maximum Gasteiger partial charge on any atom is 0.416 e. The predicted molar refractivity (Wildman–Crippen MR) is 81.8 cm³/mol. The lowest BCUT2D eigenvalue weighted by Gasteiger charge is -2.08. The van der Waals surface area contributed by atoms with E-state index < -0.39 is 17.6 Å². The molecule has 24 heavy (non-hydrogen) atoms. The molecule has 0 fully saturated rings. The lowest BCUT2D eigenvalue weighted by Crippen LogP contribution is -2.13. The van der Waals surface area contributed by atoms with Crippen LogP contribution >= 0.6 is 0 Å². The monoisotopic (exact) mass is 334 g/mol. The maximum atomic E-state index is 12.6. The van der Waals surface area contributed by atoms with Crippen LogP contribution in [0.2, 0.25) is 0 Å². The maximum absolute atomic E-state index is 12.6. The van der Waals surface area contributed by atoms with E-state index in [0.29, 0.717) is 23.6 Å². The molecule has 0 aliphatic heterocycles. The Kier molecular flexibility index (Phi) is 3.96. The number of pyridine rings is 1. The van der Waals surface area contributed by atoms with Crippen LogP contribution in [-0.2, 0) is 12.6 Å². The number of fused-ring (bicyclic) bond motifs is 1. The molecule has 2 heterocycles. The molecule has 1 amide bonds. The zero-order chi connectivity index (χ0) is 17.3. The summed E-state index contributed by atoms with van der Waals surface area (Å²) < 4.78 is 39.2. The normalized spacial score (nSPS) is 11.7. The third-order valence-corrected chi connectivity index (χ3v) is 3.45. The number of hydrogen-bond donors (Lipinski definition) is 1. The highest BCUT2D eigenvalue weighted by Gasteiger charge is 2.30. The number of carbonyl (C=O) groups excluding carboxylic acids is 1. The highest BCUT2D eigenvalue weighted by atomic mass is 19.4. The van der Waals surface area contributed by atoms with Crippen molar-refractivity contribution in [3.05, 3.63) is 59.5 Å². The van der Waals surface area contributed by atoms with Gasteiger partial charge < -0.3 is 5.32 Å². The summed E-state index contributed by atoms with van der Waals surface area (Å²) in [5.74, 6) is 0.115. The van der Waals surface area contributed by atoms with Gasteiger partial charge in [0.2, 0.25) is 0 Å². The minimum atomic E-state index is -4.43. The van der Waals surface area contributed by atoms with Crippen molar-refractivity contribution in [1.29, 1.82) is 0 Å². The van der Waals surface area contributed by atoms with E-state index in [1.807, 2.05) is 6.92 Å². The van der Waals surface area contributed by atoms with E-state index >= 15 is 0 Å². The van der Waals surface area contributed by atoms with Crippen LogP contribution in [0.15, 0.2) is 42.6 Å². The van der Waals surface area contributed by atoms with Crippen LogP contribution in [0.1, 0.15) is 28.7 Å². The quantitative estimate of drug-likeness (QED) is 0.797. The molecule has 0 saturated carbocycles. The van der Waals surface area contributed by atoms with Gasteiger partial charge in [-0.2, -0.15) is 18.3 Å². The van der Waals surface area contributed by atoms with Crippen molar-refractivity contribution < 1.29 is 18.0 Å². The highest BCUT2D eigenvalue weighted by molar-refractivity contribution is 6.05. The molecule has 0 aliphatic carbocycles. The number of rotatable bonds is 3. The first-order valence-corrected chi connectivity index (χ1v) is 7.21. The molecule has 0 aliphatic rings. The van der Waals surface area contributed by atoms with Crippen LogP contribution in [0.4, 0.5) is 18.9 Å². The number of amides is 1. The summed E-state index contributed by atoms with van der Waals surface area (Å²) >= 11 is 0. The summed E-state index contributed by atoms with van der Waals surface area (Å²) in [6, 6.07) is 7.39. The van der Waals surface area contributed by atoms with E-state index in [2.05, 4.69) is 15.4 Å². The topological polar surface area (TPSA) is 59.3 Å². The van der Waals surface area contributed by atoms with Gasteiger partial charge in [0.05, 0.1) is 11.3 Å². The first kappa shape index (κ1) is 16.0. The Labute approximate surface area is 135 Å². The molecule has 3 aromatic rings. The summed E-state index contributed by atoms with van der Waals surface area (Å²) in [5, 5.41) is 6.89. The van der Waals surface area contributed by atoms with Crippen LogP contribution < -0.4 is 5.32 Å². The Balaban J connectivity index is 1.86. The molecule has 124 valence electrons. The molecule has 0 saturated heterocycles. The molecular formula is C16H13F3N4O. The summed E-state index contributed by atoms with van der Waals surface area (Å²) in [6.07, 6.45) is -2.08. The van der Waals surface area contributed by atoms with Crippen molar-refractivity contribution in [3.8, 4) is 0 Å². The molecule has 0 spiro atoms. The van der Waals surface area contributed by atoms with E-state index in [9.17, 15) is 18.0 Å². The third-order valence-electron chi connectivity index (χ3n) is 3.45. The number of halogens is 3. The van der Waals surface area contributed by atoms with Crippen LogP contribution in [0.3, 0.4) is 0 Å². The number of carbonyl (C=O) groups is 1. The molecular weight excluding hydrogens is 321 g/mol. The standard InChI is InChI=1S/C16H13F3N4O/c1-2-13-21-14-12(4-3-9-23(14)22-13)20-15(24)10-5-7-11(8-6-10)16(17,18)19/h3-9H,2H2,1H3,(H,20,24). The van der Waals surface area contributed by atoms with Gasteiger partial charge in [0.1, 0.15) is 0 Å². The van der Waals surface area contributed by atoms with E-state index in [0.717, 1.165) is 24.3 Å². The van der Waals surface area contributed by atoms with Gasteiger partial charge in [-0.1, -0.05) is 6.92 Å². The number of alkyl halides is 3. The Morgan fingerprint density at radius 2 is 1.92 bits per heavy atom. The average molecular weight is 334 g/mol. The highest BCUT2D eigenvalue weighted by Crippen LogP contribution is 2.29. The van der Waals surface area contributed by atoms with Crippen molar-refractivity contribution >= 4 is 17.2 Å². The van der Waals surface area contributed by atoms with Crippen LogP contribution in [0.5, 0.6) is 0 Å². The van der Waals surface area contributed by atoms with Gasteiger partial charge in [0.25, 0.3) is 5.91 Å². The predicted octanol–water partition coefficient (Wildman–Crippen LogP) is 3.56. The van der Waals surface area contributed by atoms with Crippen molar-refractivity contribution in [2.75, 3.05) is 5.32 Å². The first-order valence-electron chi connectivity index (χ1n) is 7.21.